The zero-order valence-electron chi connectivity index (χ0n) is 12.6. The fourth-order valence-corrected chi connectivity index (χ4v) is 3.60. The van der Waals surface area contributed by atoms with Crippen LogP contribution in [-0.2, 0) is 19.8 Å². The average Bonchev–Trinajstić information content (AvgIpc) is 2.49. The van der Waals surface area contributed by atoms with Crippen LogP contribution in [0.2, 0.25) is 0 Å². The minimum absolute atomic E-state index is 0.201. The lowest BCUT2D eigenvalue weighted by Gasteiger charge is -2.17. The quantitative estimate of drug-likeness (QED) is 0.683. The molecule has 0 fully saturated rings. The summed E-state index contributed by atoms with van der Waals surface area (Å²) in [4.78, 5) is 7.99. The summed E-state index contributed by atoms with van der Waals surface area (Å²) in [5.41, 5.74) is 0.812. The van der Waals surface area contributed by atoms with E-state index >= 15 is 0 Å². The Kier molecular flexibility index (Phi) is 6.07. The Morgan fingerprint density at radius 2 is 1.91 bits per heavy atom. The normalized spacial score (nSPS) is 11.4. The van der Waals surface area contributed by atoms with E-state index in [9.17, 15) is 4.57 Å². The molecule has 0 atom stereocenters. The third-order valence-electron chi connectivity index (χ3n) is 2.69. The minimum Gasteiger partial charge on any atom is -0.437 e. The predicted molar refractivity (Wildman–Crippen MR) is 83.1 cm³/mol. The molecule has 0 saturated carbocycles. The Morgan fingerprint density at radius 3 is 2.55 bits per heavy atom. The molecule has 0 amide bonds. The van der Waals surface area contributed by atoms with Crippen molar-refractivity contribution in [1.82, 2.24) is 9.97 Å². The number of nitrogens with zero attached hydrogens (tertiary/aromatic N) is 2. The second-order valence-corrected chi connectivity index (χ2v) is 6.45. The van der Waals surface area contributed by atoms with Gasteiger partial charge in [-0.15, -0.1) is 0 Å². The van der Waals surface area contributed by atoms with E-state index in [1.54, 1.807) is 38.4 Å². The molecule has 0 saturated heterocycles. The molecule has 118 valence electrons. The first kappa shape index (κ1) is 16.6. The van der Waals surface area contributed by atoms with Crippen LogP contribution in [-0.4, -0.2) is 23.2 Å². The van der Waals surface area contributed by atoms with Crippen molar-refractivity contribution < 1.29 is 18.3 Å². The van der Waals surface area contributed by atoms with Crippen molar-refractivity contribution in [2.24, 2.45) is 0 Å². The highest BCUT2D eigenvalue weighted by Crippen LogP contribution is 2.51. The molecule has 7 heteroatoms. The lowest BCUT2D eigenvalue weighted by molar-refractivity contribution is 0.219. The standard InChI is InChI=1S/C15H19N2O4P/c1-3-19-22(18,20-4-2)12-13-6-5-7-14(10-13)21-15-11-16-8-9-17-15/h5-11H,3-4,12H2,1-2H3. The molecule has 0 aliphatic carbocycles. The summed E-state index contributed by atoms with van der Waals surface area (Å²) in [5.74, 6) is 0.995. The molecule has 0 spiro atoms. The van der Waals surface area contributed by atoms with Crippen molar-refractivity contribution in [3.63, 3.8) is 0 Å². The van der Waals surface area contributed by atoms with Crippen molar-refractivity contribution in [2.75, 3.05) is 13.2 Å². The van der Waals surface area contributed by atoms with Gasteiger partial charge in [-0.3, -0.25) is 9.55 Å². The highest BCUT2D eigenvalue weighted by Gasteiger charge is 2.24. The number of aromatic nitrogens is 2. The summed E-state index contributed by atoms with van der Waals surface area (Å²) in [6, 6.07) is 7.27. The molecule has 1 aromatic carbocycles. The molecule has 0 aliphatic rings. The Labute approximate surface area is 130 Å². The van der Waals surface area contributed by atoms with E-state index in [1.165, 1.54) is 6.20 Å². The lowest BCUT2D eigenvalue weighted by atomic mass is 10.2. The SMILES string of the molecule is CCOP(=O)(Cc1cccc(Oc2cnccn2)c1)OCC. The third kappa shape index (κ3) is 4.91. The van der Waals surface area contributed by atoms with Gasteiger partial charge in [-0.1, -0.05) is 12.1 Å². The topological polar surface area (TPSA) is 70.5 Å². The van der Waals surface area contributed by atoms with Gasteiger partial charge in [-0.2, -0.15) is 0 Å². The van der Waals surface area contributed by atoms with Gasteiger partial charge in [0.2, 0.25) is 5.88 Å². The molecule has 22 heavy (non-hydrogen) atoms. The maximum atomic E-state index is 12.5. The number of hydrogen-bond donors (Lipinski definition) is 0. The number of benzene rings is 1. The van der Waals surface area contributed by atoms with E-state index in [1.807, 2.05) is 12.1 Å². The Bertz CT molecular complexity index is 626. The van der Waals surface area contributed by atoms with Crippen LogP contribution in [0.3, 0.4) is 0 Å². The van der Waals surface area contributed by atoms with Gasteiger partial charge >= 0.3 is 7.60 Å². The molecular weight excluding hydrogens is 303 g/mol. The molecule has 6 nitrogen and oxygen atoms in total. The molecule has 0 radical (unpaired) electrons. The molecule has 0 bridgehead atoms. The molecule has 2 aromatic rings. The minimum atomic E-state index is -3.13. The summed E-state index contributed by atoms with van der Waals surface area (Å²) in [7, 11) is -3.13. The van der Waals surface area contributed by atoms with E-state index in [0.29, 0.717) is 24.8 Å². The highest BCUT2D eigenvalue weighted by molar-refractivity contribution is 7.53. The second-order valence-electron chi connectivity index (χ2n) is 4.40. The summed E-state index contributed by atoms with van der Waals surface area (Å²) in [5, 5.41) is 0. The zero-order valence-corrected chi connectivity index (χ0v) is 13.5. The van der Waals surface area contributed by atoms with Crippen molar-refractivity contribution >= 4 is 7.60 Å². The first-order chi connectivity index (χ1) is 10.6. The van der Waals surface area contributed by atoms with Crippen molar-refractivity contribution in [3.05, 3.63) is 48.4 Å². The molecule has 0 aliphatic heterocycles. The molecule has 1 heterocycles. The van der Waals surface area contributed by atoms with Crippen LogP contribution in [0.4, 0.5) is 0 Å². The fourth-order valence-electron chi connectivity index (χ4n) is 1.91. The van der Waals surface area contributed by atoms with Gasteiger partial charge in [-0.25, -0.2) is 4.98 Å². The third-order valence-corrected chi connectivity index (χ3v) is 4.74. The fraction of sp³-hybridized carbons (Fsp3) is 0.333. The van der Waals surface area contributed by atoms with E-state index in [2.05, 4.69) is 9.97 Å². The molecule has 0 N–H and O–H groups in total. The van der Waals surface area contributed by atoms with Crippen molar-refractivity contribution in [2.45, 2.75) is 20.0 Å². The van der Waals surface area contributed by atoms with Crippen LogP contribution in [0, 0.1) is 0 Å². The van der Waals surface area contributed by atoms with Gasteiger partial charge in [0.25, 0.3) is 0 Å². The Morgan fingerprint density at radius 1 is 1.14 bits per heavy atom. The first-order valence-corrected chi connectivity index (χ1v) is 8.79. The number of ether oxygens (including phenoxy) is 1. The van der Waals surface area contributed by atoms with Gasteiger partial charge in [0, 0.05) is 12.4 Å². The lowest BCUT2D eigenvalue weighted by Crippen LogP contribution is -1.99. The monoisotopic (exact) mass is 322 g/mol. The van der Waals surface area contributed by atoms with Crippen molar-refractivity contribution in [1.29, 1.82) is 0 Å². The molecule has 2 rings (SSSR count). The van der Waals surface area contributed by atoms with E-state index in [0.717, 1.165) is 5.56 Å². The van der Waals surface area contributed by atoms with Crippen LogP contribution in [0.25, 0.3) is 0 Å². The number of hydrogen-bond acceptors (Lipinski definition) is 6. The van der Waals surface area contributed by atoms with Gasteiger partial charge in [-0.05, 0) is 31.5 Å². The smallest absolute Gasteiger partial charge is 0.335 e. The second kappa shape index (κ2) is 8.03. The summed E-state index contributed by atoms with van der Waals surface area (Å²) < 4.78 is 28.8. The van der Waals surface area contributed by atoms with Crippen LogP contribution >= 0.6 is 7.60 Å². The average molecular weight is 322 g/mol. The maximum absolute atomic E-state index is 12.5. The van der Waals surface area contributed by atoms with Crippen molar-refractivity contribution in [3.8, 4) is 11.6 Å². The van der Waals surface area contributed by atoms with E-state index in [-0.39, 0.29) is 6.16 Å². The van der Waals surface area contributed by atoms with E-state index < -0.39 is 7.60 Å². The molecular formula is C15H19N2O4P. The first-order valence-electron chi connectivity index (χ1n) is 7.06. The summed E-state index contributed by atoms with van der Waals surface area (Å²) >= 11 is 0. The van der Waals surface area contributed by atoms with Crippen LogP contribution in [0.15, 0.2) is 42.9 Å². The zero-order chi connectivity index (χ0) is 15.8. The van der Waals surface area contributed by atoms with Gasteiger partial charge in [0.15, 0.2) is 0 Å². The van der Waals surface area contributed by atoms with Gasteiger partial charge < -0.3 is 13.8 Å². The van der Waals surface area contributed by atoms with Gasteiger partial charge in [0.1, 0.15) is 5.75 Å². The van der Waals surface area contributed by atoms with E-state index in [4.69, 9.17) is 13.8 Å². The maximum Gasteiger partial charge on any atom is 0.335 e. The molecule has 0 unspecified atom stereocenters. The predicted octanol–water partition coefficient (Wildman–Crippen LogP) is 4.04. The van der Waals surface area contributed by atoms with Gasteiger partial charge in [0.05, 0.1) is 25.6 Å². The molecule has 1 aromatic heterocycles. The Balaban J connectivity index is 2.12. The number of rotatable bonds is 8. The Hall–Kier alpha value is -1.75. The van der Waals surface area contributed by atoms with Crippen LogP contribution in [0.1, 0.15) is 19.4 Å². The largest absolute Gasteiger partial charge is 0.437 e. The highest BCUT2D eigenvalue weighted by atomic mass is 31.2. The van der Waals surface area contributed by atoms with Crippen LogP contribution in [0.5, 0.6) is 11.6 Å². The summed E-state index contributed by atoms with van der Waals surface area (Å²) in [6.07, 6.45) is 4.85. The van der Waals surface area contributed by atoms with Crippen LogP contribution < -0.4 is 4.74 Å². The summed E-state index contributed by atoms with van der Waals surface area (Å²) in [6.45, 7) is 4.26.